The van der Waals surface area contributed by atoms with Gasteiger partial charge in [0.05, 0.1) is 0 Å². The third-order valence-electron chi connectivity index (χ3n) is 7.26. The zero-order chi connectivity index (χ0) is 25.3. The lowest BCUT2D eigenvalue weighted by molar-refractivity contribution is 1.33. The predicted molar refractivity (Wildman–Crippen MR) is 159 cm³/mol. The summed E-state index contributed by atoms with van der Waals surface area (Å²) < 4.78 is 0. The molecule has 0 amide bonds. The average Bonchev–Trinajstić information content (AvgIpc) is 3.01. The van der Waals surface area contributed by atoms with Crippen molar-refractivity contribution in [1.29, 1.82) is 0 Å². The molecule has 7 rings (SSSR count). The first-order valence-corrected chi connectivity index (χ1v) is 12.8. The van der Waals surface area contributed by atoms with Crippen molar-refractivity contribution >= 4 is 21.5 Å². The molecule has 2 heteroatoms. The second-order valence-electron chi connectivity index (χ2n) is 9.48. The van der Waals surface area contributed by atoms with E-state index in [-0.39, 0.29) is 0 Å². The molecule has 2 heterocycles. The van der Waals surface area contributed by atoms with Gasteiger partial charge in [0, 0.05) is 30.4 Å². The average molecular weight is 485 g/mol. The molecule has 0 bridgehead atoms. The van der Waals surface area contributed by atoms with Gasteiger partial charge in [-0.1, -0.05) is 97.1 Å². The Hall–Kier alpha value is -5.08. The second-order valence-corrected chi connectivity index (χ2v) is 9.48. The molecule has 2 aromatic heterocycles. The van der Waals surface area contributed by atoms with Crippen molar-refractivity contribution in [3.05, 3.63) is 146 Å². The molecule has 0 aliphatic heterocycles. The Labute approximate surface area is 221 Å². The molecular formula is C36H24N2. The third-order valence-corrected chi connectivity index (χ3v) is 7.26. The van der Waals surface area contributed by atoms with E-state index in [0.717, 1.165) is 5.56 Å². The Morgan fingerprint density at radius 2 is 0.842 bits per heavy atom. The van der Waals surface area contributed by atoms with Crippen LogP contribution in [0.4, 0.5) is 0 Å². The van der Waals surface area contributed by atoms with E-state index in [9.17, 15) is 0 Å². The van der Waals surface area contributed by atoms with Gasteiger partial charge in [-0.3, -0.25) is 9.97 Å². The van der Waals surface area contributed by atoms with Crippen molar-refractivity contribution in [3.8, 4) is 44.5 Å². The van der Waals surface area contributed by atoms with Gasteiger partial charge in [-0.15, -0.1) is 0 Å². The van der Waals surface area contributed by atoms with E-state index in [1.165, 1.54) is 60.5 Å². The standard InChI is InChI=1S/C36H24N2/c1-3-12-33-31(10-1)35(27-16-14-25(15-17-27)26-18-21-37-22-19-26)32-11-2-4-13-34(32)36(33)29-8-5-7-28(23-29)30-9-6-20-38-24-30/h1-24H. The summed E-state index contributed by atoms with van der Waals surface area (Å²) in [5, 5.41) is 5.01. The fourth-order valence-corrected chi connectivity index (χ4v) is 5.51. The Kier molecular flexibility index (Phi) is 5.49. The molecule has 0 N–H and O–H groups in total. The molecule has 0 fully saturated rings. The van der Waals surface area contributed by atoms with Crippen molar-refractivity contribution in [1.82, 2.24) is 9.97 Å². The maximum absolute atomic E-state index is 4.33. The van der Waals surface area contributed by atoms with E-state index >= 15 is 0 Å². The number of hydrogen-bond acceptors (Lipinski definition) is 2. The summed E-state index contributed by atoms with van der Waals surface area (Å²) in [6, 6.07) is 43.5. The van der Waals surface area contributed by atoms with Crippen LogP contribution in [-0.2, 0) is 0 Å². The van der Waals surface area contributed by atoms with Gasteiger partial charge in [0.15, 0.2) is 0 Å². The van der Waals surface area contributed by atoms with Crippen molar-refractivity contribution in [2.45, 2.75) is 0 Å². The normalized spacial score (nSPS) is 11.2. The van der Waals surface area contributed by atoms with Gasteiger partial charge in [0.1, 0.15) is 0 Å². The lowest BCUT2D eigenvalue weighted by atomic mass is 9.85. The van der Waals surface area contributed by atoms with Crippen molar-refractivity contribution < 1.29 is 0 Å². The van der Waals surface area contributed by atoms with E-state index in [1.54, 1.807) is 0 Å². The topological polar surface area (TPSA) is 25.8 Å². The van der Waals surface area contributed by atoms with E-state index in [2.05, 4.69) is 113 Å². The van der Waals surface area contributed by atoms with Gasteiger partial charge in [-0.2, -0.15) is 0 Å². The molecule has 0 unspecified atom stereocenters. The first-order chi connectivity index (χ1) is 18.9. The summed E-state index contributed by atoms with van der Waals surface area (Å²) in [6.07, 6.45) is 7.42. The minimum Gasteiger partial charge on any atom is -0.265 e. The van der Waals surface area contributed by atoms with Crippen molar-refractivity contribution in [3.63, 3.8) is 0 Å². The van der Waals surface area contributed by atoms with Crippen LogP contribution in [-0.4, -0.2) is 9.97 Å². The van der Waals surface area contributed by atoms with Gasteiger partial charge in [-0.25, -0.2) is 0 Å². The molecular weight excluding hydrogens is 460 g/mol. The molecule has 0 saturated carbocycles. The smallest absolute Gasteiger partial charge is 0.0346 e. The zero-order valence-electron chi connectivity index (χ0n) is 20.8. The van der Waals surface area contributed by atoms with Gasteiger partial charge >= 0.3 is 0 Å². The van der Waals surface area contributed by atoms with E-state index < -0.39 is 0 Å². The van der Waals surface area contributed by atoms with Gasteiger partial charge in [0.2, 0.25) is 0 Å². The number of rotatable bonds is 4. The Morgan fingerprint density at radius 3 is 1.45 bits per heavy atom. The van der Waals surface area contributed by atoms with E-state index in [0.29, 0.717) is 0 Å². The molecule has 0 spiro atoms. The molecule has 0 radical (unpaired) electrons. The lowest BCUT2D eigenvalue weighted by Crippen LogP contribution is -1.91. The van der Waals surface area contributed by atoms with Gasteiger partial charge in [-0.05, 0) is 84.8 Å². The van der Waals surface area contributed by atoms with Crippen LogP contribution >= 0.6 is 0 Å². The van der Waals surface area contributed by atoms with Crippen LogP contribution < -0.4 is 0 Å². The Balaban J connectivity index is 1.47. The van der Waals surface area contributed by atoms with Crippen LogP contribution in [0.25, 0.3) is 66.1 Å². The summed E-state index contributed by atoms with van der Waals surface area (Å²) >= 11 is 0. The number of pyridine rings is 2. The fourth-order valence-electron chi connectivity index (χ4n) is 5.51. The van der Waals surface area contributed by atoms with Crippen molar-refractivity contribution in [2.75, 3.05) is 0 Å². The first kappa shape index (κ1) is 22.1. The van der Waals surface area contributed by atoms with Gasteiger partial charge < -0.3 is 0 Å². The highest BCUT2D eigenvalue weighted by atomic mass is 14.6. The second kappa shape index (κ2) is 9.42. The summed E-state index contributed by atoms with van der Waals surface area (Å²) in [5.74, 6) is 0. The molecule has 7 aromatic rings. The lowest BCUT2D eigenvalue weighted by Gasteiger charge is -2.18. The largest absolute Gasteiger partial charge is 0.265 e. The van der Waals surface area contributed by atoms with Crippen LogP contribution in [0, 0.1) is 0 Å². The van der Waals surface area contributed by atoms with Crippen LogP contribution in [0.3, 0.4) is 0 Å². The minimum atomic E-state index is 1.12. The number of nitrogens with zero attached hydrogens (tertiary/aromatic N) is 2. The number of aromatic nitrogens is 2. The highest BCUT2D eigenvalue weighted by Crippen LogP contribution is 2.44. The summed E-state index contributed by atoms with van der Waals surface area (Å²) in [7, 11) is 0. The predicted octanol–water partition coefficient (Wildman–Crippen LogP) is 9.45. The summed E-state index contributed by atoms with van der Waals surface area (Å²) in [5.41, 5.74) is 9.60. The molecule has 2 nitrogen and oxygen atoms in total. The number of fused-ring (bicyclic) bond motifs is 2. The third kappa shape index (κ3) is 3.84. The molecule has 38 heavy (non-hydrogen) atoms. The minimum absolute atomic E-state index is 1.12. The highest BCUT2D eigenvalue weighted by molar-refractivity contribution is 6.21. The number of benzene rings is 5. The van der Waals surface area contributed by atoms with Crippen molar-refractivity contribution in [2.24, 2.45) is 0 Å². The van der Waals surface area contributed by atoms with Crippen LogP contribution in [0.5, 0.6) is 0 Å². The SMILES string of the molecule is c1cncc(-c2cccc(-c3c4ccccc4c(-c4ccc(-c5ccncc5)cc4)c4ccccc34)c2)c1. The molecule has 0 saturated heterocycles. The summed E-state index contributed by atoms with van der Waals surface area (Å²) in [4.78, 5) is 8.49. The first-order valence-electron chi connectivity index (χ1n) is 12.8. The van der Waals surface area contributed by atoms with Crippen LogP contribution in [0.1, 0.15) is 0 Å². The maximum Gasteiger partial charge on any atom is 0.0346 e. The number of hydrogen-bond donors (Lipinski definition) is 0. The van der Waals surface area contributed by atoms with E-state index in [4.69, 9.17) is 0 Å². The molecule has 0 aliphatic carbocycles. The molecule has 0 aliphatic rings. The molecule has 178 valence electrons. The van der Waals surface area contributed by atoms with Crippen LogP contribution in [0.15, 0.2) is 146 Å². The highest BCUT2D eigenvalue weighted by Gasteiger charge is 2.16. The quantitative estimate of drug-likeness (QED) is 0.233. The molecule has 0 atom stereocenters. The van der Waals surface area contributed by atoms with Gasteiger partial charge in [0.25, 0.3) is 0 Å². The monoisotopic (exact) mass is 484 g/mol. The maximum atomic E-state index is 4.33. The van der Waals surface area contributed by atoms with E-state index in [1.807, 2.05) is 43.0 Å². The Morgan fingerprint density at radius 1 is 0.316 bits per heavy atom. The Bertz CT molecular complexity index is 1830. The van der Waals surface area contributed by atoms with Crippen LogP contribution in [0.2, 0.25) is 0 Å². The fraction of sp³-hybridized carbons (Fsp3) is 0. The zero-order valence-corrected chi connectivity index (χ0v) is 20.8. The summed E-state index contributed by atoms with van der Waals surface area (Å²) in [6.45, 7) is 0. The molecule has 5 aromatic carbocycles.